The molecule has 0 radical (unpaired) electrons. The van der Waals surface area contributed by atoms with Gasteiger partial charge in [-0.3, -0.25) is 0 Å². The average molecular weight is 663 g/mol. The van der Waals surface area contributed by atoms with E-state index in [0.29, 0.717) is 53.9 Å². The SMILES string of the molecule is CN(C)CCCNC(=O)Nc1ccc(C#CC#N)cc1.C[N+](C)(CCCNC(=O)Nc1ccc(C#CC#N)cc1)CCCS(=O)(=O)[O-]. The fraction of sp³-hybridized carbons (Fsp3) is 0.394. The lowest BCUT2D eigenvalue weighted by molar-refractivity contribution is -0.890. The van der Waals surface area contributed by atoms with E-state index in [9.17, 15) is 22.6 Å². The quantitative estimate of drug-likeness (QED) is 0.103. The fourth-order valence-corrected chi connectivity index (χ4v) is 4.39. The number of rotatable bonds is 14. The maximum Gasteiger partial charge on any atom is 0.319 e. The molecule has 0 aliphatic rings. The summed E-state index contributed by atoms with van der Waals surface area (Å²) in [7, 11) is 3.73. The number of hydrogen-bond donors (Lipinski definition) is 4. The third kappa shape index (κ3) is 21.3. The first kappa shape index (κ1) is 39.9. The predicted molar refractivity (Wildman–Crippen MR) is 181 cm³/mol. The molecule has 0 atom stereocenters. The number of benzene rings is 2. The molecule has 4 N–H and O–H groups in total. The van der Waals surface area contributed by atoms with Gasteiger partial charge in [0.05, 0.1) is 37.3 Å². The van der Waals surface area contributed by atoms with Crippen molar-refractivity contribution in [2.75, 3.05) is 77.3 Å². The second kappa shape index (κ2) is 21.6. The van der Waals surface area contributed by atoms with Crippen LogP contribution in [0.15, 0.2) is 48.5 Å². The highest BCUT2D eigenvalue weighted by atomic mass is 32.2. The van der Waals surface area contributed by atoms with E-state index in [4.69, 9.17) is 10.5 Å². The van der Waals surface area contributed by atoms with Crippen molar-refractivity contribution in [2.24, 2.45) is 0 Å². The molecule has 0 bridgehead atoms. The van der Waals surface area contributed by atoms with Crippen molar-refractivity contribution in [1.82, 2.24) is 15.5 Å². The first-order valence-corrected chi connectivity index (χ1v) is 16.3. The molecule has 2 rings (SSSR count). The summed E-state index contributed by atoms with van der Waals surface area (Å²) >= 11 is 0. The smallest absolute Gasteiger partial charge is 0.319 e. The number of urea groups is 2. The van der Waals surface area contributed by atoms with Crippen LogP contribution in [0.2, 0.25) is 0 Å². The highest BCUT2D eigenvalue weighted by Gasteiger charge is 2.15. The molecule has 0 unspecified atom stereocenters. The maximum atomic E-state index is 11.9. The first-order chi connectivity index (χ1) is 22.2. The van der Waals surface area contributed by atoms with Gasteiger partial charge < -0.3 is 35.2 Å². The van der Waals surface area contributed by atoms with Gasteiger partial charge in [0.2, 0.25) is 0 Å². The highest BCUT2D eigenvalue weighted by Crippen LogP contribution is 2.09. The minimum Gasteiger partial charge on any atom is -0.748 e. The fourth-order valence-electron chi connectivity index (χ4n) is 3.91. The molecule has 13 nitrogen and oxygen atoms in total. The molecule has 0 saturated heterocycles. The molecule has 4 amide bonds. The van der Waals surface area contributed by atoms with Gasteiger partial charge in [0, 0.05) is 66.0 Å². The van der Waals surface area contributed by atoms with Gasteiger partial charge in [0.1, 0.15) is 0 Å². The summed E-state index contributed by atoms with van der Waals surface area (Å²) in [6.45, 7) is 3.36. The van der Waals surface area contributed by atoms with Gasteiger partial charge in [0.15, 0.2) is 12.1 Å². The Balaban J connectivity index is 0.000000491. The van der Waals surface area contributed by atoms with Crippen LogP contribution in [0.25, 0.3) is 0 Å². The van der Waals surface area contributed by atoms with Gasteiger partial charge >= 0.3 is 12.1 Å². The Morgan fingerprint density at radius 3 is 1.60 bits per heavy atom. The third-order valence-electron chi connectivity index (χ3n) is 6.26. The number of hydrogen-bond acceptors (Lipinski definition) is 8. The van der Waals surface area contributed by atoms with Crippen LogP contribution < -0.4 is 21.3 Å². The molecule has 0 fully saturated rings. The van der Waals surface area contributed by atoms with Crippen molar-refractivity contribution in [1.29, 1.82) is 10.5 Å². The summed E-state index contributed by atoms with van der Waals surface area (Å²) < 4.78 is 32.5. The van der Waals surface area contributed by atoms with Crippen LogP contribution in [0, 0.1) is 46.3 Å². The van der Waals surface area contributed by atoms with Crippen molar-refractivity contribution < 1.29 is 27.0 Å². The normalized spacial score (nSPS) is 10.3. The van der Waals surface area contributed by atoms with Crippen molar-refractivity contribution in [3.63, 3.8) is 0 Å². The van der Waals surface area contributed by atoms with E-state index in [1.165, 1.54) is 0 Å². The lowest BCUT2D eigenvalue weighted by Crippen LogP contribution is -2.43. The van der Waals surface area contributed by atoms with Gasteiger partial charge in [-0.05, 0) is 75.6 Å². The molecular formula is C33H42N8O5S. The van der Waals surface area contributed by atoms with E-state index in [-0.39, 0.29) is 17.8 Å². The first-order valence-electron chi connectivity index (χ1n) is 14.7. The molecule has 14 heteroatoms. The minimum absolute atomic E-state index is 0.223. The van der Waals surface area contributed by atoms with Crippen LogP contribution >= 0.6 is 0 Å². The number of nitrogens with one attached hydrogen (secondary N) is 4. The van der Waals surface area contributed by atoms with Crippen molar-refractivity contribution in [3.8, 4) is 35.8 Å². The second-order valence-corrected chi connectivity index (χ2v) is 12.7. The summed E-state index contributed by atoms with van der Waals surface area (Å²) in [6, 6.07) is 16.8. The number of carbonyl (C=O) groups excluding carboxylic acids is 2. The summed E-state index contributed by atoms with van der Waals surface area (Å²) in [4.78, 5) is 25.6. The van der Waals surface area contributed by atoms with Crippen LogP contribution in [-0.4, -0.2) is 101 Å². The van der Waals surface area contributed by atoms with Gasteiger partial charge in [-0.2, -0.15) is 10.5 Å². The van der Waals surface area contributed by atoms with Crippen LogP contribution in [0.3, 0.4) is 0 Å². The predicted octanol–water partition coefficient (Wildman–Crippen LogP) is 2.72. The van der Waals surface area contributed by atoms with E-state index in [0.717, 1.165) is 25.1 Å². The Kier molecular flexibility index (Phi) is 18.4. The maximum absolute atomic E-state index is 11.9. The van der Waals surface area contributed by atoms with E-state index >= 15 is 0 Å². The molecule has 250 valence electrons. The van der Waals surface area contributed by atoms with Crippen molar-refractivity contribution >= 4 is 33.6 Å². The highest BCUT2D eigenvalue weighted by molar-refractivity contribution is 7.85. The van der Waals surface area contributed by atoms with E-state index in [2.05, 4.69) is 49.8 Å². The molecule has 0 saturated carbocycles. The number of nitriles is 2. The van der Waals surface area contributed by atoms with Crippen LogP contribution in [0.5, 0.6) is 0 Å². The Hall–Kier alpha value is -5.09. The number of quaternary nitrogens is 1. The number of nitrogens with zero attached hydrogens (tertiary/aromatic N) is 4. The van der Waals surface area contributed by atoms with E-state index in [1.807, 2.05) is 28.2 Å². The van der Waals surface area contributed by atoms with Gasteiger partial charge in [-0.25, -0.2) is 18.0 Å². The molecular weight excluding hydrogens is 620 g/mol. The largest absolute Gasteiger partial charge is 0.748 e. The molecule has 0 heterocycles. The number of amides is 4. The van der Waals surface area contributed by atoms with Gasteiger partial charge in [-0.15, -0.1) is 0 Å². The topological polar surface area (TPSA) is 190 Å². The Bertz CT molecular complexity index is 1600. The van der Waals surface area contributed by atoms with Crippen LogP contribution in [0.4, 0.5) is 21.0 Å². The molecule has 0 spiro atoms. The molecule has 47 heavy (non-hydrogen) atoms. The standard InChI is InChI=1S/C18H24N4O4S.C15H18N4O/c1-22(2,14-5-15-27(24,25)26)13-4-12-20-18(23)21-17-9-7-16(8-10-17)6-3-11-19;1-19(2)12-4-11-17-15(20)18-14-8-6-13(7-9-14)5-3-10-16/h7-10H,4-5,12-15H2,1-2H3,(H2-,20,21,23,24,25,26);6-9H,4,11-12H2,1-2H3,(H2,17,18,20). The molecule has 0 aliphatic carbocycles. The third-order valence-corrected chi connectivity index (χ3v) is 7.05. The summed E-state index contributed by atoms with van der Waals surface area (Å²) in [5.74, 6) is 9.61. The lowest BCUT2D eigenvalue weighted by atomic mass is 10.2. The van der Waals surface area contributed by atoms with Crippen LogP contribution in [-0.2, 0) is 10.1 Å². The zero-order chi connectivity index (χ0) is 35.1. The summed E-state index contributed by atoms with van der Waals surface area (Å²) in [6.07, 6.45) is 1.94. The number of anilines is 2. The summed E-state index contributed by atoms with van der Waals surface area (Å²) in [5.41, 5.74) is 2.73. The molecule has 0 aromatic heterocycles. The average Bonchev–Trinajstić information content (AvgIpc) is 3.00. The van der Waals surface area contributed by atoms with E-state index < -0.39 is 10.1 Å². The lowest BCUT2D eigenvalue weighted by Gasteiger charge is -2.30. The molecule has 2 aromatic rings. The van der Waals surface area contributed by atoms with Gasteiger partial charge in [0.25, 0.3) is 0 Å². The Morgan fingerprint density at radius 1 is 0.766 bits per heavy atom. The van der Waals surface area contributed by atoms with Crippen molar-refractivity contribution in [3.05, 3.63) is 59.7 Å². The number of carbonyl (C=O) groups is 2. The monoisotopic (exact) mass is 662 g/mol. The summed E-state index contributed by atoms with van der Waals surface area (Å²) in [5, 5.41) is 27.7. The van der Waals surface area contributed by atoms with Crippen LogP contribution in [0.1, 0.15) is 30.4 Å². The Morgan fingerprint density at radius 2 is 1.19 bits per heavy atom. The van der Waals surface area contributed by atoms with Gasteiger partial charge in [-0.1, -0.05) is 11.8 Å². The van der Waals surface area contributed by atoms with E-state index in [1.54, 1.807) is 60.7 Å². The minimum atomic E-state index is -4.17. The molecule has 0 aliphatic heterocycles. The zero-order valence-electron chi connectivity index (χ0n) is 27.2. The molecule has 2 aromatic carbocycles. The van der Waals surface area contributed by atoms with Crippen molar-refractivity contribution in [2.45, 2.75) is 19.3 Å². The Labute approximate surface area is 278 Å². The second-order valence-electron chi connectivity index (χ2n) is 11.1. The zero-order valence-corrected chi connectivity index (χ0v) is 28.0.